The Balaban J connectivity index is 1.88. The van der Waals surface area contributed by atoms with Crippen LogP contribution >= 0.6 is 0 Å². The molecule has 2 unspecified atom stereocenters. The monoisotopic (exact) mass is 255 g/mol. The summed E-state index contributed by atoms with van der Waals surface area (Å²) in [6, 6.07) is 0. The van der Waals surface area contributed by atoms with E-state index in [4.69, 9.17) is 4.74 Å². The van der Waals surface area contributed by atoms with Crippen LogP contribution in [-0.4, -0.2) is 25.8 Å². The average Bonchev–Trinajstić information content (AvgIpc) is 2.42. The third kappa shape index (κ3) is 7.38. The van der Waals surface area contributed by atoms with Gasteiger partial charge in [-0.05, 0) is 44.7 Å². The highest BCUT2D eigenvalue weighted by Crippen LogP contribution is 2.28. The number of rotatable bonds is 10. The second-order valence-corrected chi connectivity index (χ2v) is 5.70. The molecule has 1 rings (SSSR count). The predicted molar refractivity (Wildman–Crippen MR) is 79.0 cm³/mol. The van der Waals surface area contributed by atoms with Crippen LogP contribution in [0.4, 0.5) is 0 Å². The third-order valence-corrected chi connectivity index (χ3v) is 4.16. The van der Waals surface area contributed by atoms with Crippen LogP contribution in [0.5, 0.6) is 0 Å². The fourth-order valence-corrected chi connectivity index (χ4v) is 2.90. The van der Waals surface area contributed by atoms with E-state index in [9.17, 15) is 0 Å². The molecule has 0 spiro atoms. The molecular formula is C16H33NO. The van der Waals surface area contributed by atoms with Crippen LogP contribution in [0.2, 0.25) is 0 Å². The summed E-state index contributed by atoms with van der Waals surface area (Å²) in [6.07, 6.45) is 12.6. The molecule has 0 aromatic rings. The van der Waals surface area contributed by atoms with Crippen LogP contribution in [0, 0.1) is 5.92 Å². The Morgan fingerprint density at radius 3 is 2.67 bits per heavy atom. The first-order chi connectivity index (χ1) is 8.86. The van der Waals surface area contributed by atoms with E-state index in [1.807, 2.05) is 0 Å². The summed E-state index contributed by atoms with van der Waals surface area (Å²) in [5, 5.41) is 3.37. The molecule has 0 aliphatic heterocycles. The van der Waals surface area contributed by atoms with E-state index in [0.29, 0.717) is 6.10 Å². The van der Waals surface area contributed by atoms with Crippen molar-refractivity contribution in [2.24, 2.45) is 5.92 Å². The van der Waals surface area contributed by atoms with Crippen molar-refractivity contribution in [1.29, 1.82) is 0 Å². The van der Waals surface area contributed by atoms with Gasteiger partial charge in [0.15, 0.2) is 0 Å². The lowest BCUT2D eigenvalue weighted by molar-refractivity contribution is 0.0107. The van der Waals surface area contributed by atoms with E-state index in [1.54, 1.807) is 0 Å². The topological polar surface area (TPSA) is 21.3 Å². The van der Waals surface area contributed by atoms with Crippen molar-refractivity contribution in [3.8, 4) is 0 Å². The van der Waals surface area contributed by atoms with Crippen molar-refractivity contribution in [1.82, 2.24) is 5.32 Å². The number of hydrogen-bond acceptors (Lipinski definition) is 2. The number of hydrogen-bond donors (Lipinski definition) is 1. The maximum atomic E-state index is 6.03. The minimum Gasteiger partial charge on any atom is -0.378 e. The zero-order valence-corrected chi connectivity index (χ0v) is 12.5. The molecule has 0 bridgehead atoms. The first-order valence-electron chi connectivity index (χ1n) is 8.19. The van der Waals surface area contributed by atoms with Crippen molar-refractivity contribution >= 4 is 0 Å². The molecule has 1 aliphatic carbocycles. The molecule has 2 heteroatoms. The Morgan fingerprint density at radius 2 is 1.89 bits per heavy atom. The summed E-state index contributed by atoms with van der Waals surface area (Å²) in [7, 11) is 0. The van der Waals surface area contributed by atoms with Gasteiger partial charge in [-0.25, -0.2) is 0 Å². The predicted octanol–water partition coefficient (Wildman–Crippen LogP) is 4.14. The molecule has 0 saturated heterocycles. The SMILES string of the molecule is CCNCCCCCCOC1CCCC(CC)C1. The largest absolute Gasteiger partial charge is 0.378 e. The summed E-state index contributed by atoms with van der Waals surface area (Å²) >= 11 is 0. The summed E-state index contributed by atoms with van der Waals surface area (Å²) in [6.45, 7) is 7.75. The second kappa shape index (κ2) is 10.8. The highest BCUT2D eigenvalue weighted by atomic mass is 16.5. The van der Waals surface area contributed by atoms with Crippen molar-refractivity contribution < 1.29 is 4.74 Å². The Hall–Kier alpha value is -0.0800. The Kier molecular flexibility index (Phi) is 9.59. The van der Waals surface area contributed by atoms with Gasteiger partial charge in [0.1, 0.15) is 0 Å². The normalized spacial score (nSPS) is 24.3. The minimum absolute atomic E-state index is 0.574. The van der Waals surface area contributed by atoms with E-state index >= 15 is 0 Å². The molecule has 0 aromatic heterocycles. The first-order valence-corrected chi connectivity index (χ1v) is 8.19. The maximum absolute atomic E-state index is 6.03. The van der Waals surface area contributed by atoms with Crippen molar-refractivity contribution in [3.05, 3.63) is 0 Å². The average molecular weight is 255 g/mol. The lowest BCUT2D eigenvalue weighted by Gasteiger charge is -2.28. The van der Waals surface area contributed by atoms with Crippen LogP contribution in [0.3, 0.4) is 0 Å². The van der Waals surface area contributed by atoms with Gasteiger partial charge >= 0.3 is 0 Å². The van der Waals surface area contributed by atoms with E-state index in [-0.39, 0.29) is 0 Å². The molecule has 1 N–H and O–H groups in total. The molecule has 0 heterocycles. The number of unbranched alkanes of at least 4 members (excludes halogenated alkanes) is 3. The summed E-state index contributed by atoms with van der Waals surface area (Å²) in [5.74, 6) is 0.934. The zero-order chi connectivity index (χ0) is 13.1. The van der Waals surface area contributed by atoms with E-state index < -0.39 is 0 Å². The van der Waals surface area contributed by atoms with Crippen LogP contribution < -0.4 is 5.32 Å². The molecule has 18 heavy (non-hydrogen) atoms. The Bertz CT molecular complexity index is 184. The molecule has 108 valence electrons. The Labute approximate surface area is 114 Å². The molecule has 2 atom stereocenters. The lowest BCUT2D eigenvalue weighted by Crippen LogP contribution is -2.23. The molecule has 1 saturated carbocycles. The Morgan fingerprint density at radius 1 is 1.06 bits per heavy atom. The van der Waals surface area contributed by atoms with Gasteiger partial charge in [0.2, 0.25) is 0 Å². The van der Waals surface area contributed by atoms with Gasteiger partial charge in [-0.3, -0.25) is 0 Å². The van der Waals surface area contributed by atoms with Crippen LogP contribution in [0.1, 0.15) is 71.6 Å². The van der Waals surface area contributed by atoms with Gasteiger partial charge in [0.25, 0.3) is 0 Å². The molecule has 2 nitrogen and oxygen atoms in total. The van der Waals surface area contributed by atoms with E-state index in [0.717, 1.165) is 19.1 Å². The van der Waals surface area contributed by atoms with Crippen molar-refractivity contribution in [3.63, 3.8) is 0 Å². The molecule has 0 aromatic carbocycles. The maximum Gasteiger partial charge on any atom is 0.0577 e. The molecule has 0 radical (unpaired) electrons. The van der Waals surface area contributed by atoms with E-state index in [2.05, 4.69) is 19.2 Å². The van der Waals surface area contributed by atoms with Gasteiger partial charge in [0.05, 0.1) is 6.10 Å². The highest BCUT2D eigenvalue weighted by Gasteiger charge is 2.20. The van der Waals surface area contributed by atoms with Gasteiger partial charge in [0, 0.05) is 6.61 Å². The first kappa shape index (κ1) is 16.0. The summed E-state index contributed by atoms with van der Waals surface area (Å²) in [5.41, 5.74) is 0. The van der Waals surface area contributed by atoms with Gasteiger partial charge in [-0.15, -0.1) is 0 Å². The van der Waals surface area contributed by atoms with Crippen molar-refractivity contribution in [2.45, 2.75) is 77.7 Å². The van der Waals surface area contributed by atoms with Gasteiger partial charge < -0.3 is 10.1 Å². The summed E-state index contributed by atoms with van der Waals surface area (Å²) in [4.78, 5) is 0. The molecule has 1 fully saturated rings. The lowest BCUT2D eigenvalue weighted by atomic mass is 9.85. The fraction of sp³-hybridized carbons (Fsp3) is 1.00. The molecule has 0 amide bonds. The fourth-order valence-electron chi connectivity index (χ4n) is 2.90. The second-order valence-electron chi connectivity index (χ2n) is 5.70. The minimum atomic E-state index is 0.574. The molecular weight excluding hydrogens is 222 g/mol. The van der Waals surface area contributed by atoms with Crippen LogP contribution in [0.25, 0.3) is 0 Å². The van der Waals surface area contributed by atoms with Gasteiger partial charge in [-0.1, -0.05) is 46.0 Å². The summed E-state index contributed by atoms with van der Waals surface area (Å²) < 4.78 is 6.03. The van der Waals surface area contributed by atoms with Crippen molar-refractivity contribution in [2.75, 3.05) is 19.7 Å². The van der Waals surface area contributed by atoms with E-state index in [1.165, 1.54) is 64.3 Å². The van der Waals surface area contributed by atoms with Crippen LogP contribution in [0.15, 0.2) is 0 Å². The number of nitrogens with one attached hydrogen (secondary N) is 1. The quantitative estimate of drug-likeness (QED) is 0.592. The number of ether oxygens (including phenoxy) is 1. The van der Waals surface area contributed by atoms with Crippen LogP contribution in [-0.2, 0) is 4.74 Å². The standard InChI is InChI=1S/C16H33NO/c1-3-15-10-9-11-16(14-15)18-13-8-6-5-7-12-17-4-2/h15-17H,3-14H2,1-2H3. The molecule has 1 aliphatic rings. The van der Waals surface area contributed by atoms with Gasteiger partial charge in [-0.2, -0.15) is 0 Å². The third-order valence-electron chi connectivity index (χ3n) is 4.16. The highest BCUT2D eigenvalue weighted by molar-refractivity contribution is 4.72. The zero-order valence-electron chi connectivity index (χ0n) is 12.5. The smallest absolute Gasteiger partial charge is 0.0577 e.